The van der Waals surface area contributed by atoms with Crippen molar-refractivity contribution in [2.75, 3.05) is 41.0 Å². The summed E-state index contributed by atoms with van der Waals surface area (Å²) in [5.74, 6) is 0.967. The molecule has 8 rings (SSSR count). The van der Waals surface area contributed by atoms with Gasteiger partial charge in [-0.05, 0) is 113 Å². The lowest BCUT2D eigenvalue weighted by Crippen LogP contribution is -2.62. The lowest BCUT2D eigenvalue weighted by molar-refractivity contribution is -0.145. The molecule has 6 aliphatic rings. The van der Waals surface area contributed by atoms with Crippen LogP contribution in [-0.4, -0.2) is 56.4 Å². The van der Waals surface area contributed by atoms with Gasteiger partial charge >= 0.3 is 6.09 Å². The number of hydroxylamine groups is 1. The summed E-state index contributed by atoms with van der Waals surface area (Å²) in [6, 6.07) is 16.9. The fourth-order valence-electron chi connectivity index (χ4n) is 9.00. The van der Waals surface area contributed by atoms with Crippen molar-refractivity contribution >= 4 is 34.7 Å². The average Bonchev–Trinajstić information content (AvgIpc) is 2.99. The lowest BCUT2D eigenvalue weighted by atomic mass is 9.47. The molecule has 2 amide bonds. The predicted molar refractivity (Wildman–Crippen MR) is 167 cm³/mol. The number of primary amides is 1. The van der Waals surface area contributed by atoms with E-state index < -0.39 is 6.09 Å². The summed E-state index contributed by atoms with van der Waals surface area (Å²) in [6.45, 7) is 7.48. The summed E-state index contributed by atoms with van der Waals surface area (Å²) in [6.07, 6.45) is 6.93. The number of anilines is 4. The molecule has 0 spiro atoms. The molecule has 5 atom stereocenters. The van der Waals surface area contributed by atoms with Crippen LogP contribution in [0.5, 0.6) is 0 Å². The van der Waals surface area contributed by atoms with Crippen LogP contribution in [0.1, 0.15) is 58.8 Å². The Labute approximate surface area is 254 Å². The van der Waals surface area contributed by atoms with Gasteiger partial charge in [0.2, 0.25) is 5.91 Å². The van der Waals surface area contributed by atoms with Crippen LogP contribution < -0.4 is 25.9 Å². The highest BCUT2D eigenvalue weighted by Crippen LogP contribution is 2.60. The first-order valence-corrected chi connectivity index (χ1v) is 16.2. The molecule has 43 heavy (non-hydrogen) atoms. The Hall–Kier alpha value is -3.46. The number of hydrogen-bond acceptors (Lipinski definition) is 7. The highest BCUT2D eigenvalue weighted by molar-refractivity contribution is 5.82. The zero-order valence-corrected chi connectivity index (χ0v) is 25.4. The van der Waals surface area contributed by atoms with Crippen LogP contribution in [0.25, 0.3) is 0 Å². The molecule has 4 bridgehead atoms. The molecular weight excluding hydrogens is 542 g/mol. The summed E-state index contributed by atoms with van der Waals surface area (Å²) >= 11 is 0. The SMILES string of the molecule is CC(C)OC1CCN(c2ccc(N3CCN(OC(=O)NC4[C@@H]5CC6C[C@H]4CC(C(N)=O)(C6)C5)c4ccccc43)cc2)CC1. The minimum atomic E-state index is -0.416. The Morgan fingerprint density at radius 2 is 1.53 bits per heavy atom. The largest absolute Gasteiger partial charge is 0.431 e. The first-order chi connectivity index (χ1) is 20.8. The normalized spacial score (nSPS) is 30.0. The van der Waals surface area contributed by atoms with Crippen LogP contribution in [0.2, 0.25) is 0 Å². The van der Waals surface area contributed by atoms with Crippen molar-refractivity contribution in [3.05, 3.63) is 48.5 Å². The minimum Gasteiger partial charge on any atom is -0.375 e. The molecule has 9 heteroatoms. The smallest absolute Gasteiger partial charge is 0.375 e. The highest BCUT2D eigenvalue weighted by Gasteiger charge is 2.58. The van der Waals surface area contributed by atoms with Gasteiger partial charge in [0.1, 0.15) is 0 Å². The minimum absolute atomic E-state index is 0.0418. The maximum absolute atomic E-state index is 13.2. The van der Waals surface area contributed by atoms with Crippen molar-refractivity contribution in [2.45, 2.75) is 77.0 Å². The number of para-hydroxylation sites is 2. The van der Waals surface area contributed by atoms with Gasteiger partial charge in [-0.2, -0.15) is 0 Å². The average molecular weight is 588 g/mol. The van der Waals surface area contributed by atoms with Gasteiger partial charge in [-0.25, -0.2) is 9.86 Å². The van der Waals surface area contributed by atoms with E-state index in [1.807, 2.05) is 18.2 Å². The van der Waals surface area contributed by atoms with Gasteiger partial charge < -0.3 is 30.4 Å². The maximum Gasteiger partial charge on any atom is 0.431 e. The van der Waals surface area contributed by atoms with Crippen molar-refractivity contribution in [3.63, 3.8) is 0 Å². The molecule has 1 saturated heterocycles. The number of nitrogens with zero attached hydrogens (tertiary/aromatic N) is 3. The molecule has 5 fully saturated rings. The summed E-state index contributed by atoms with van der Waals surface area (Å²) in [5, 5.41) is 4.93. The van der Waals surface area contributed by atoms with Gasteiger partial charge in [-0.15, -0.1) is 0 Å². The van der Waals surface area contributed by atoms with E-state index >= 15 is 0 Å². The second-order valence-electron chi connectivity index (χ2n) is 13.8. The summed E-state index contributed by atoms with van der Waals surface area (Å²) in [5.41, 5.74) is 9.73. The van der Waals surface area contributed by atoms with E-state index in [0.29, 0.717) is 25.1 Å². The van der Waals surface area contributed by atoms with Gasteiger partial charge in [0, 0.05) is 42.5 Å². The summed E-state index contributed by atoms with van der Waals surface area (Å²) in [4.78, 5) is 36.3. The molecule has 2 aromatic carbocycles. The maximum atomic E-state index is 13.2. The van der Waals surface area contributed by atoms with E-state index in [1.54, 1.807) is 5.06 Å². The number of nitrogens with two attached hydrogens (primary N) is 1. The number of ether oxygens (including phenoxy) is 1. The van der Waals surface area contributed by atoms with Crippen molar-refractivity contribution in [3.8, 4) is 0 Å². The number of carbonyl (C=O) groups is 2. The molecular formula is C34H45N5O4. The molecule has 3 unspecified atom stereocenters. The van der Waals surface area contributed by atoms with Crippen molar-refractivity contribution in [2.24, 2.45) is 28.9 Å². The summed E-state index contributed by atoms with van der Waals surface area (Å²) < 4.78 is 6.02. The molecule has 0 radical (unpaired) electrons. The topological polar surface area (TPSA) is 100 Å². The van der Waals surface area contributed by atoms with E-state index in [4.69, 9.17) is 15.3 Å². The van der Waals surface area contributed by atoms with E-state index in [0.717, 1.165) is 75.1 Å². The van der Waals surface area contributed by atoms with Gasteiger partial charge in [0.05, 0.1) is 30.1 Å². The molecule has 2 heterocycles. The number of benzene rings is 2. The summed E-state index contributed by atoms with van der Waals surface area (Å²) in [7, 11) is 0. The Kier molecular flexibility index (Phi) is 7.40. The second kappa shape index (κ2) is 11.2. The van der Waals surface area contributed by atoms with E-state index in [9.17, 15) is 9.59 Å². The second-order valence-corrected chi connectivity index (χ2v) is 13.8. The Morgan fingerprint density at radius 3 is 2.19 bits per heavy atom. The highest BCUT2D eigenvalue weighted by atomic mass is 16.7. The molecule has 9 nitrogen and oxygen atoms in total. The number of hydrogen-bond donors (Lipinski definition) is 2. The fourth-order valence-corrected chi connectivity index (χ4v) is 9.00. The van der Waals surface area contributed by atoms with Crippen molar-refractivity contribution in [1.29, 1.82) is 0 Å². The molecule has 4 aliphatic carbocycles. The number of carbonyl (C=O) groups excluding carboxylic acids is 2. The van der Waals surface area contributed by atoms with Gasteiger partial charge in [0.15, 0.2) is 0 Å². The number of fused-ring (bicyclic) bond motifs is 1. The van der Waals surface area contributed by atoms with Crippen LogP contribution >= 0.6 is 0 Å². The monoisotopic (exact) mass is 587 g/mol. The van der Waals surface area contributed by atoms with Crippen LogP contribution in [0.4, 0.5) is 27.5 Å². The molecule has 3 N–H and O–H groups in total. The Morgan fingerprint density at radius 1 is 0.884 bits per heavy atom. The van der Waals surface area contributed by atoms with Gasteiger partial charge in [-0.3, -0.25) is 4.79 Å². The number of rotatable bonds is 7. The zero-order chi connectivity index (χ0) is 29.7. The molecule has 2 aliphatic heterocycles. The Bertz CT molecular complexity index is 1320. The van der Waals surface area contributed by atoms with Crippen LogP contribution in [0, 0.1) is 23.2 Å². The standard InChI is InChI=1S/C34H45N5O4/c1-22(2)42-28-11-13-37(14-12-28)26-7-9-27(10-8-26)38-15-16-39(30-6-4-3-5-29(30)38)43-33(41)36-31-24-17-23-18-25(31)21-34(19-23,20-24)32(35)40/h3-10,22-25,28,31H,11-21H2,1-2H3,(H2,35,40)(H,36,41)/t23?,24-,25+,31?,34?. The third-order valence-electron chi connectivity index (χ3n) is 10.7. The quantitative estimate of drug-likeness (QED) is 0.450. The van der Waals surface area contributed by atoms with E-state index in [1.165, 1.54) is 5.69 Å². The van der Waals surface area contributed by atoms with Crippen LogP contribution in [-0.2, 0) is 14.4 Å². The Balaban J connectivity index is 0.992. The fraction of sp³-hybridized carbons (Fsp3) is 0.588. The third kappa shape index (κ3) is 5.41. The van der Waals surface area contributed by atoms with E-state index in [2.05, 4.69) is 59.3 Å². The predicted octanol–water partition coefficient (Wildman–Crippen LogP) is 5.36. The molecule has 4 saturated carbocycles. The van der Waals surface area contributed by atoms with Crippen LogP contribution in [0.15, 0.2) is 48.5 Å². The van der Waals surface area contributed by atoms with Crippen molar-refractivity contribution < 1.29 is 19.2 Å². The lowest BCUT2D eigenvalue weighted by Gasteiger charge is -2.58. The van der Waals surface area contributed by atoms with E-state index in [-0.39, 0.29) is 35.3 Å². The molecule has 2 aromatic rings. The zero-order valence-electron chi connectivity index (χ0n) is 25.4. The molecule has 0 aromatic heterocycles. The number of amides is 2. The molecule has 230 valence electrons. The first-order valence-electron chi connectivity index (χ1n) is 16.2. The first kappa shape index (κ1) is 28.3. The third-order valence-corrected chi connectivity index (χ3v) is 10.7. The number of nitrogens with one attached hydrogen (secondary N) is 1. The van der Waals surface area contributed by atoms with Gasteiger partial charge in [-0.1, -0.05) is 12.1 Å². The van der Waals surface area contributed by atoms with Crippen molar-refractivity contribution in [1.82, 2.24) is 5.32 Å². The van der Waals surface area contributed by atoms with Crippen LogP contribution in [0.3, 0.4) is 0 Å². The number of piperidine rings is 1. The van der Waals surface area contributed by atoms with Gasteiger partial charge in [0.25, 0.3) is 0 Å².